The fourth-order valence-corrected chi connectivity index (χ4v) is 4.16. The smallest absolute Gasteiger partial charge is 0.0556 e. The average Bonchev–Trinajstić information content (AvgIpc) is 2.75. The van der Waals surface area contributed by atoms with Crippen molar-refractivity contribution in [1.82, 2.24) is 0 Å². The first kappa shape index (κ1) is 10.7. The van der Waals surface area contributed by atoms with Gasteiger partial charge in [0.05, 0.1) is 9.85 Å². The summed E-state index contributed by atoms with van der Waals surface area (Å²) in [5.74, 6) is 0. The Morgan fingerprint density at radius 1 is 1.36 bits per heavy atom. The summed E-state index contributed by atoms with van der Waals surface area (Å²) in [7, 11) is 0. The summed E-state index contributed by atoms with van der Waals surface area (Å²) < 4.78 is 0. The molecule has 0 saturated heterocycles. The molecule has 2 aromatic rings. The Kier molecular flexibility index (Phi) is 3.66. The largest absolute Gasteiger partial charge is 0.152 e. The molecule has 0 aromatic carbocycles. The van der Waals surface area contributed by atoms with E-state index in [2.05, 4.69) is 32.8 Å². The molecule has 0 N–H and O–H groups in total. The minimum atomic E-state index is 0.338. The Labute approximate surface area is 105 Å². The molecular weight excluding hydrogens is 300 g/mol. The highest BCUT2D eigenvalue weighted by molar-refractivity contribution is 9.09. The van der Waals surface area contributed by atoms with E-state index in [4.69, 9.17) is 11.6 Å². The fourth-order valence-electron chi connectivity index (χ4n) is 1.24. The number of thiophene rings is 2. The van der Waals surface area contributed by atoms with Crippen LogP contribution in [0.3, 0.4) is 0 Å². The molecule has 2 heterocycles. The molecule has 0 nitrogen and oxygen atoms in total. The molecule has 2 aromatic heterocycles. The van der Waals surface area contributed by atoms with E-state index in [1.165, 1.54) is 10.4 Å². The monoisotopic (exact) mass is 306 g/mol. The molecule has 0 bridgehead atoms. The molecule has 2 rings (SSSR count). The van der Waals surface area contributed by atoms with Gasteiger partial charge in [-0.3, -0.25) is 0 Å². The molecule has 0 aliphatic rings. The molecule has 0 fully saturated rings. The van der Waals surface area contributed by atoms with Gasteiger partial charge in [-0.25, -0.2) is 0 Å². The van der Waals surface area contributed by atoms with Gasteiger partial charge in [0.15, 0.2) is 0 Å². The molecule has 0 spiro atoms. The van der Waals surface area contributed by atoms with Gasteiger partial charge in [0, 0.05) is 4.88 Å². The summed E-state index contributed by atoms with van der Waals surface area (Å²) in [6.07, 6.45) is 1.00. The van der Waals surface area contributed by atoms with Crippen molar-refractivity contribution in [2.75, 3.05) is 0 Å². The van der Waals surface area contributed by atoms with Crippen molar-refractivity contribution >= 4 is 50.2 Å². The maximum atomic E-state index is 6.06. The van der Waals surface area contributed by atoms with Crippen LogP contribution in [0.1, 0.15) is 15.3 Å². The predicted octanol–water partition coefficient (Wildman–Crippen LogP) is 5.14. The highest BCUT2D eigenvalue weighted by Gasteiger charge is 2.13. The molecule has 14 heavy (non-hydrogen) atoms. The second-order valence-corrected chi connectivity index (χ2v) is 6.18. The third kappa shape index (κ3) is 2.40. The van der Waals surface area contributed by atoms with Crippen molar-refractivity contribution in [2.24, 2.45) is 0 Å². The van der Waals surface area contributed by atoms with Crippen LogP contribution in [0.15, 0.2) is 28.3 Å². The SMILES string of the molecule is Clc1ccsc1C(Br)Cc1ccsc1. The Morgan fingerprint density at radius 2 is 2.21 bits per heavy atom. The second-order valence-electron chi connectivity index (χ2n) is 2.94. The molecule has 0 amide bonds. The van der Waals surface area contributed by atoms with E-state index in [1.54, 1.807) is 22.7 Å². The standard InChI is InChI=1S/C10H8BrClS2/c11-8(5-7-1-3-13-6-7)10-9(12)2-4-14-10/h1-4,6,8H,5H2. The average molecular weight is 308 g/mol. The molecule has 0 aliphatic heterocycles. The lowest BCUT2D eigenvalue weighted by atomic mass is 10.2. The molecular formula is C10H8BrClS2. The molecule has 1 unspecified atom stereocenters. The van der Waals surface area contributed by atoms with E-state index in [1.807, 2.05) is 11.4 Å². The lowest BCUT2D eigenvalue weighted by molar-refractivity contribution is 0.976. The van der Waals surface area contributed by atoms with Gasteiger partial charge < -0.3 is 0 Å². The van der Waals surface area contributed by atoms with E-state index >= 15 is 0 Å². The number of halogens is 2. The maximum absolute atomic E-state index is 6.06. The molecule has 0 aliphatic carbocycles. The van der Waals surface area contributed by atoms with Gasteiger partial charge in [0.25, 0.3) is 0 Å². The Hall–Kier alpha value is 0.170. The summed E-state index contributed by atoms with van der Waals surface area (Å²) >= 11 is 13.2. The van der Waals surface area contributed by atoms with Crippen molar-refractivity contribution in [2.45, 2.75) is 11.2 Å². The number of rotatable bonds is 3. The summed E-state index contributed by atoms with van der Waals surface area (Å²) in [6, 6.07) is 4.10. The Morgan fingerprint density at radius 3 is 2.79 bits per heavy atom. The van der Waals surface area contributed by atoms with Crippen LogP contribution >= 0.6 is 50.2 Å². The summed E-state index contributed by atoms with van der Waals surface area (Å²) in [6.45, 7) is 0. The molecule has 74 valence electrons. The van der Waals surface area contributed by atoms with Gasteiger partial charge in [-0.15, -0.1) is 11.3 Å². The third-order valence-electron chi connectivity index (χ3n) is 1.92. The van der Waals surface area contributed by atoms with Gasteiger partial charge in [-0.1, -0.05) is 27.5 Å². The van der Waals surface area contributed by atoms with Crippen LogP contribution in [0.2, 0.25) is 5.02 Å². The molecule has 1 atom stereocenters. The summed E-state index contributed by atoms with van der Waals surface area (Å²) in [5, 5.41) is 7.17. The van der Waals surface area contributed by atoms with Gasteiger partial charge in [-0.05, 0) is 40.3 Å². The second kappa shape index (κ2) is 4.79. The van der Waals surface area contributed by atoms with Crippen LogP contribution in [0, 0.1) is 0 Å². The highest BCUT2D eigenvalue weighted by atomic mass is 79.9. The lowest BCUT2D eigenvalue weighted by Crippen LogP contribution is -1.91. The number of hydrogen-bond donors (Lipinski definition) is 0. The van der Waals surface area contributed by atoms with Gasteiger partial charge >= 0.3 is 0 Å². The topological polar surface area (TPSA) is 0 Å². The van der Waals surface area contributed by atoms with Gasteiger partial charge in [0.2, 0.25) is 0 Å². The highest BCUT2D eigenvalue weighted by Crippen LogP contribution is 2.36. The minimum absolute atomic E-state index is 0.338. The minimum Gasteiger partial charge on any atom is -0.152 e. The normalized spacial score (nSPS) is 13.0. The zero-order chi connectivity index (χ0) is 9.97. The maximum Gasteiger partial charge on any atom is 0.0556 e. The molecule has 0 saturated carbocycles. The lowest BCUT2D eigenvalue weighted by Gasteiger charge is -2.06. The third-order valence-corrected chi connectivity index (χ3v) is 5.21. The number of alkyl halides is 1. The van der Waals surface area contributed by atoms with Crippen LogP contribution in [-0.2, 0) is 6.42 Å². The van der Waals surface area contributed by atoms with E-state index in [-0.39, 0.29) is 0 Å². The molecule has 0 radical (unpaired) electrons. The van der Waals surface area contributed by atoms with E-state index in [0.29, 0.717) is 4.83 Å². The Bertz CT molecular complexity index is 394. The predicted molar refractivity (Wildman–Crippen MR) is 69.0 cm³/mol. The van der Waals surface area contributed by atoms with E-state index in [9.17, 15) is 0 Å². The van der Waals surface area contributed by atoms with Crippen molar-refractivity contribution in [3.8, 4) is 0 Å². The zero-order valence-corrected chi connectivity index (χ0v) is 11.2. The summed E-state index contributed by atoms with van der Waals surface area (Å²) in [4.78, 5) is 1.56. The van der Waals surface area contributed by atoms with Crippen LogP contribution in [0.25, 0.3) is 0 Å². The quantitative estimate of drug-likeness (QED) is 0.689. The van der Waals surface area contributed by atoms with Crippen molar-refractivity contribution in [3.63, 3.8) is 0 Å². The molecule has 4 heteroatoms. The van der Waals surface area contributed by atoms with Crippen molar-refractivity contribution in [1.29, 1.82) is 0 Å². The first-order valence-electron chi connectivity index (χ1n) is 4.15. The van der Waals surface area contributed by atoms with Crippen molar-refractivity contribution < 1.29 is 0 Å². The van der Waals surface area contributed by atoms with E-state index in [0.717, 1.165) is 11.4 Å². The van der Waals surface area contributed by atoms with E-state index < -0.39 is 0 Å². The first-order valence-corrected chi connectivity index (χ1v) is 7.27. The number of hydrogen-bond acceptors (Lipinski definition) is 2. The Balaban J connectivity index is 2.10. The van der Waals surface area contributed by atoms with Gasteiger partial charge in [0.1, 0.15) is 0 Å². The zero-order valence-electron chi connectivity index (χ0n) is 7.24. The van der Waals surface area contributed by atoms with Gasteiger partial charge in [-0.2, -0.15) is 11.3 Å². The van der Waals surface area contributed by atoms with Crippen LogP contribution in [-0.4, -0.2) is 0 Å². The van der Waals surface area contributed by atoms with Crippen LogP contribution < -0.4 is 0 Å². The van der Waals surface area contributed by atoms with Crippen LogP contribution in [0.4, 0.5) is 0 Å². The van der Waals surface area contributed by atoms with Crippen molar-refractivity contribution in [3.05, 3.63) is 43.7 Å². The van der Waals surface area contributed by atoms with Crippen LogP contribution in [0.5, 0.6) is 0 Å². The fraction of sp³-hybridized carbons (Fsp3) is 0.200. The summed E-state index contributed by atoms with van der Waals surface area (Å²) in [5.41, 5.74) is 1.36. The first-order chi connectivity index (χ1) is 6.77.